The van der Waals surface area contributed by atoms with Gasteiger partial charge in [-0.1, -0.05) is 11.6 Å². The SMILES string of the molecule is Cc1cnc(OC[C@@H]2CCCN2C(=O)OC(C)(C)C)nc1Cl. The van der Waals surface area contributed by atoms with Gasteiger partial charge < -0.3 is 14.4 Å². The first-order valence-corrected chi connectivity index (χ1v) is 7.75. The van der Waals surface area contributed by atoms with E-state index in [0.29, 0.717) is 18.3 Å². The summed E-state index contributed by atoms with van der Waals surface area (Å²) in [6, 6.07) is 0.199. The molecule has 2 rings (SSSR count). The molecule has 1 amide bonds. The molecule has 1 aromatic heterocycles. The summed E-state index contributed by atoms with van der Waals surface area (Å²) in [6.07, 6.45) is 3.12. The Bertz CT molecular complexity index is 545. The molecule has 0 unspecified atom stereocenters. The Morgan fingerprint density at radius 2 is 2.23 bits per heavy atom. The van der Waals surface area contributed by atoms with E-state index in [-0.39, 0.29) is 18.1 Å². The molecule has 122 valence electrons. The summed E-state index contributed by atoms with van der Waals surface area (Å²) in [5.74, 6) is 0. The molecule has 0 bridgehead atoms. The van der Waals surface area contributed by atoms with Crippen molar-refractivity contribution in [1.82, 2.24) is 14.9 Å². The molecule has 0 aliphatic carbocycles. The highest BCUT2D eigenvalue weighted by atomic mass is 35.5. The lowest BCUT2D eigenvalue weighted by Crippen LogP contribution is -2.42. The Morgan fingerprint density at radius 3 is 2.86 bits per heavy atom. The van der Waals surface area contributed by atoms with Crippen molar-refractivity contribution in [2.24, 2.45) is 0 Å². The van der Waals surface area contributed by atoms with E-state index in [2.05, 4.69) is 9.97 Å². The highest BCUT2D eigenvalue weighted by Gasteiger charge is 2.32. The fraction of sp³-hybridized carbons (Fsp3) is 0.667. The number of ether oxygens (including phenoxy) is 2. The zero-order valence-corrected chi connectivity index (χ0v) is 14.2. The summed E-state index contributed by atoms with van der Waals surface area (Å²) < 4.78 is 11.0. The van der Waals surface area contributed by atoms with E-state index < -0.39 is 5.60 Å². The van der Waals surface area contributed by atoms with E-state index in [9.17, 15) is 4.79 Å². The number of hydrogen-bond donors (Lipinski definition) is 0. The smallest absolute Gasteiger partial charge is 0.410 e. The molecule has 7 heteroatoms. The molecule has 2 heterocycles. The van der Waals surface area contributed by atoms with Crippen LogP contribution in [-0.2, 0) is 4.74 Å². The summed E-state index contributed by atoms with van der Waals surface area (Å²) in [7, 11) is 0. The quantitative estimate of drug-likeness (QED) is 0.797. The van der Waals surface area contributed by atoms with Gasteiger partial charge in [0.05, 0.1) is 6.04 Å². The van der Waals surface area contributed by atoms with Gasteiger partial charge in [0.1, 0.15) is 17.4 Å². The second kappa shape index (κ2) is 6.69. The standard InChI is InChI=1S/C15H22ClN3O3/c1-10-8-17-13(18-12(10)16)21-9-11-6-5-7-19(11)14(20)22-15(2,3)4/h8,11H,5-7,9H2,1-4H3/t11-/m0/s1. The lowest BCUT2D eigenvalue weighted by molar-refractivity contribution is 0.0184. The van der Waals surface area contributed by atoms with Gasteiger partial charge in [0, 0.05) is 18.3 Å². The number of nitrogens with zero attached hydrogens (tertiary/aromatic N) is 3. The number of halogens is 1. The summed E-state index contributed by atoms with van der Waals surface area (Å²) in [6.45, 7) is 8.41. The van der Waals surface area contributed by atoms with Crippen molar-refractivity contribution in [2.45, 2.75) is 52.2 Å². The van der Waals surface area contributed by atoms with Gasteiger partial charge in [0.25, 0.3) is 0 Å². The maximum atomic E-state index is 12.2. The van der Waals surface area contributed by atoms with Crippen molar-refractivity contribution in [3.05, 3.63) is 16.9 Å². The molecule has 1 saturated heterocycles. The number of hydrogen-bond acceptors (Lipinski definition) is 5. The molecular formula is C15H22ClN3O3. The third-order valence-corrected chi connectivity index (χ3v) is 3.68. The molecule has 1 aromatic rings. The lowest BCUT2D eigenvalue weighted by Gasteiger charge is -2.28. The van der Waals surface area contributed by atoms with Crippen LogP contribution < -0.4 is 4.74 Å². The topological polar surface area (TPSA) is 64.5 Å². The molecule has 22 heavy (non-hydrogen) atoms. The molecule has 0 N–H and O–H groups in total. The molecule has 1 atom stereocenters. The molecule has 1 fully saturated rings. The molecule has 0 spiro atoms. The number of carbonyl (C=O) groups excluding carboxylic acids is 1. The van der Waals surface area contributed by atoms with E-state index in [1.807, 2.05) is 27.7 Å². The fourth-order valence-electron chi connectivity index (χ4n) is 2.22. The van der Waals surface area contributed by atoms with Gasteiger partial charge in [-0.25, -0.2) is 9.78 Å². The first kappa shape index (κ1) is 16.8. The fourth-order valence-corrected chi connectivity index (χ4v) is 2.34. The van der Waals surface area contributed by atoms with Crippen LogP contribution in [0.1, 0.15) is 39.2 Å². The van der Waals surface area contributed by atoms with Crippen LogP contribution in [0.3, 0.4) is 0 Å². The summed E-state index contributed by atoms with van der Waals surface area (Å²) in [5, 5.41) is 0.375. The highest BCUT2D eigenvalue weighted by Crippen LogP contribution is 2.22. The third kappa shape index (κ3) is 4.47. The minimum absolute atomic E-state index is 0.0291. The predicted molar refractivity (Wildman–Crippen MR) is 83.2 cm³/mol. The van der Waals surface area contributed by atoms with Crippen molar-refractivity contribution >= 4 is 17.7 Å². The molecule has 0 saturated carbocycles. The van der Waals surface area contributed by atoms with Gasteiger partial charge in [-0.15, -0.1) is 0 Å². The number of amides is 1. The number of rotatable bonds is 3. The van der Waals surface area contributed by atoms with Crippen LogP contribution in [-0.4, -0.2) is 45.8 Å². The first-order valence-electron chi connectivity index (χ1n) is 7.38. The molecule has 6 nitrogen and oxygen atoms in total. The van der Waals surface area contributed by atoms with Gasteiger partial charge >= 0.3 is 12.1 Å². The molecule has 1 aliphatic rings. The first-order chi connectivity index (χ1) is 10.3. The van der Waals surface area contributed by atoms with E-state index in [1.165, 1.54) is 0 Å². The monoisotopic (exact) mass is 327 g/mol. The summed E-state index contributed by atoms with van der Waals surface area (Å²) in [4.78, 5) is 22.0. The third-order valence-electron chi connectivity index (χ3n) is 3.30. The molecule has 1 aliphatic heterocycles. The molecule has 0 aromatic carbocycles. The predicted octanol–water partition coefficient (Wildman–Crippen LogP) is 3.22. The van der Waals surface area contributed by atoms with Crippen molar-refractivity contribution in [1.29, 1.82) is 0 Å². The lowest BCUT2D eigenvalue weighted by atomic mass is 10.2. The normalized spacial score (nSPS) is 18.4. The van der Waals surface area contributed by atoms with Gasteiger partial charge in [0.15, 0.2) is 0 Å². The Balaban J connectivity index is 1.93. The Kier molecular flexibility index (Phi) is 5.11. The molecular weight excluding hydrogens is 306 g/mol. The van der Waals surface area contributed by atoms with Crippen LogP contribution in [0, 0.1) is 6.92 Å². The van der Waals surface area contributed by atoms with Gasteiger partial charge in [-0.3, -0.25) is 0 Å². The van der Waals surface area contributed by atoms with Crippen LogP contribution in [0.4, 0.5) is 4.79 Å². The van der Waals surface area contributed by atoms with Gasteiger partial charge in [-0.2, -0.15) is 4.98 Å². The van der Waals surface area contributed by atoms with Crippen LogP contribution >= 0.6 is 11.6 Å². The Labute approximate surface area is 135 Å². The Hall–Kier alpha value is -1.56. The minimum atomic E-state index is -0.501. The van der Waals surface area contributed by atoms with E-state index in [0.717, 1.165) is 18.4 Å². The second-order valence-electron chi connectivity index (χ2n) is 6.41. The average Bonchev–Trinajstić information content (AvgIpc) is 2.87. The zero-order chi connectivity index (χ0) is 16.3. The molecule has 0 radical (unpaired) electrons. The van der Waals surface area contributed by atoms with Crippen molar-refractivity contribution < 1.29 is 14.3 Å². The second-order valence-corrected chi connectivity index (χ2v) is 6.77. The minimum Gasteiger partial charge on any atom is -0.461 e. The van der Waals surface area contributed by atoms with E-state index in [4.69, 9.17) is 21.1 Å². The largest absolute Gasteiger partial charge is 0.461 e. The average molecular weight is 328 g/mol. The highest BCUT2D eigenvalue weighted by molar-refractivity contribution is 6.30. The van der Waals surface area contributed by atoms with Crippen LogP contribution in [0.15, 0.2) is 6.20 Å². The van der Waals surface area contributed by atoms with Crippen LogP contribution in [0.2, 0.25) is 5.15 Å². The van der Waals surface area contributed by atoms with Crippen LogP contribution in [0.25, 0.3) is 0 Å². The Morgan fingerprint density at radius 1 is 1.50 bits per heavy atom. The number of likely N-dealkylation sites (tertiary alicyclic amines) is 1. The van der Waals surface area contributed by atoms with Crippen molar-refractivity contribution in [3.8, 4) is 6.01 Å². The van der Waals surface area contributed by atoms with E-state index >= 15 is 0 Å². The summed E-state index contributed by atoms with van der Waals surface area (Å²) in [5.41, 5.74) is 0.295. The maximum absolute atomic E-state index is 12.2. The summed E-state index contributed by atoms with van der Waals surface area (Å²) >= 11 is 5.95. The maximum Gasteiger partial charge on any atom is 0.410 e. The van der Waals surface area contributed by atoms with Gasteiger partial charge in [0.2, 0.25) is 0 Å². The number of aromatic nitrogens is 2. The van der Waals surface area contributed by atoms with Crippen molar-refractivity contribution in [3.63, 3.8) is 0 Å². The number of carbonyl (C=O) groups is 1. The van der Waals surface area contributed by atoms with E-state index in [1.54, 1.807) is 11.1 Å². The van der Waals surface area contributed by atoms with Crippen LogP contribution in [0.5, 0.6) is 6.01 Å². The number of aryl methyl sites for hydroxylation is 1. The van der Waals surface area contributed by atoms with Gasteiger partial charge in [-0.05, 0) is 40.5 Å². The zero-order valence-electron chi connectivity index (χ0n) is 13.4. The van der Waals surface area contributed by atoms with Crippen molar-refractivity contribution in [2.75, 3.05) is 13.2 Å².